The van der Waals surface area contributed by atoms with Gasteiger partial charge in [-0.3, -0.25) is 9.59 Å². The number of anilines is 2. The molecule has 0 saturated heterocycles. The number of carbonyl (C=O) groups is 2. The van der Waals surface area contributed by atoms with Crippen molar-refractivity contribution in [1.82, 2.24) is 5.32 Å². The molecule has 0 unspecified atom stereocenters. The number of amides is 2. The summed E-state index contributed by atoms with van der Waals surface area (Å²) in [5.41, 5.74) is 2.25. The van der Waals surface area contributed by atoms with E-state index >= 15 is 0 Å². The normalized spacial score (nSPS) is 15.0. The molecule has 38 heavy (non-hydrogen) atoms. The Labute approximate surface area is 229 Å². The first kappa shape index (κ1) is 26.9. The van der Waals surface area contributed by atoms with Crippen molar-refractivity contribution in [3.8, 4) is 11.8 Å². The van der Waals surface area contributed by atoms with Gasteiger partial charge < -0.3 is 25.1 Å². The predicted molar refractivity (Wildman–Crippen MR) is 149 cm³/mol. The van der Waals surface area contributed by atoms with Gasteiger partial charge in [-0.25, -0.2) is 0 Å². The Morgan fingerprint density at radius 2 is 1.84 bits per heavy atom. The van der Waals surface area contributed by atoms with Gasteiger partial charge in [0.05, 0.1) is 46.7 Å². The van der Waals surface area contributed by atoms with Gasteiger partial charge in [0.25, 0.3) is 5.91 Å². The zero-order chi connectivity index (χ0) is 27.2. The Morgan fingerprint density at radius 1 is 1.11 bits per heavy atom. The molecule has 2 amide bonds. The third-order valence-corrected chi connectivity index (χ3v) is 7.04. The zero-order valence-corrected chi connectivity index (χ0v) is 22.5. The van der Waals surface area contributed by atoms with E-state index in [-0.39, 0.29) is 17.2 Å². The van der Waals surface area contributed by atoms with E-state index in [1.54, 1.807) is 74.5 Å². The fourth-order valence-electron chi connectivity index (χ4n) is 4.03. The molecular weight excluding hydrogens is 524 g/mol. The van der Waals surface area contributed by atoms with Crippen molar-refractivity contribution in [2.24, 2.45) is 0 Å². The van der Waals surface area contributed by atoms with E-state index in [0.717, 1.165) is 0 Å². The number of para-hydroxylation sites is 2. The van der Waals surface area contributed by atoms with Crippen LogP contribution in [-0.2, 0) is 9.59 Å². The average molecular weight is 549 g/mol. The highest BCUT2D eigenvalue weighted by molar-refractivity contribution is 8.03. The lowest BCUT2D eigenvalue weighted by Gasteiger charge is -2.28. The van der Waals surface area contributed by atoms with Gasteiger partial charge >= 0.3 is 0 Å². The SMILES string of the molecule is COc1ccccc1NC(=O)C1=C(C)NC(SCC(=O)Nc2ccc(Cl)cc2)=C(C#N)[C@H]1c1ccc(C)o1. The van der Waals surface area contributed by atoms with Gasteiger partial charge in [0.1, 0.15) is 17.3 Å². The molecular formula is C28H25ClN4O4S. The van der Waals surface area contributed by atoms with Gasteiger partial charge in [0, 0.05) is 16.4 Å². The number of aryl methyl sites for hydroxylation is 1. The maximum Gasteiger partial charge on any atom is 0.254 e. The molecule has 0 bridgehead atoms. The smallest absolute Gasteiger partial charge is 0.254 e. The third-order valence-electron chi connectivity index (χ3n) is 5.77. The van der Waals surface area contributed by atoms with Gasteiger partial charge in [-0.2, -0.15) is 5.26 Å². The number of nitrogens with zero attached hydrogens (tertiary/aromatic N) is 1. The number of rotatable bonds is 8. The summed E-state index contributed by atoms with van der Waals surface area (Å²) in [6.45, 7) is 3.55. The van der Waals surface area contributed by atoms with Gasteiger partial charge in [0.15, 0.2) is 0 Å². The van der Waals surface area contributed by atoms with E-state index in [1.165, 1.54) is 18.9 Å². The summed E-state index contributed by atoms with van der Waals surface area (Å²) in [5.74, 6) is 0.212. The highest BCUT2D eigenvalue weighted by atomic mass is 35.5. The average Bonchev–Trinajstić information content (AvgIpc) is 3.34. The van der Waals surface area contributed by atoms with Crippen LogP contribution in [0.25, 0.3) is 0 Å². The van der Waals surface area contributed by atoms with E-state index in [2.05, 4.69) is 22.0 Å². The van der Waals surface area contributed by atoms with Gasteiger partial charge in [0.2, 0.25) is 5.91 Å². The third kappa shape index (κ3) is 6.05. The fourth-order valence-corrected chi connectivity index (χ4v) is 5.04. The highest BCUT2D eigenvalue weighted by Crippen LogP contribution is 2.42. The van der Waals surface area contributed by atoms with Crippen molar-refractivity contribution in [1.29, 1.82) is 5.26 Å². The van der Waals surface area contributed by atoms with Crippen LogP contribution in [0.4, 0.5) is 11.4 Å². The van der Waals surface area contributed by atoms with Crippen LogP contribution in [0, 0.1) is 18.3 Å². The van der Waals surface area contributed by atoms with Crippen molar-refractivity contribution in [3.63, 3.8) is 0 Å². The number of halogens is 1. The van der Waals surface area contributed by atoms with Crippen molar-refractivity contribution in [3.05, 3.63) is 99.1 Å². The van der Waals surface area contributed by atoms with Gasteiger partial charge in [-0.05, 0) is 62.4 Å². The minimum atomic E-state index is -0.772. The minimum absolute atomic E-state index is 0.0378. The quantitative estimate of drug-likeness (QED) is 0.318. The molecule has 0 fully saturated rings. The molecule has 4 rings (SSSR count). The van der Waals surface area contributed by atoms with E-state index in [0.29, 0.717) is 50.0 Å². The number of nitrogens with one attached hydrogen (secondary N) is 3. The van der Waals surface area contributed by atoms with Gasteiger partial charge in [-0.15, -0.1) is 0 Å². The maximum atomic E-state index is 13.6. The van der Waals surface area contributed by atoms with Crippen LogP contribution in [-0.4, -0.2) is 24.7 Å². The number of dihydropyridines is 1. The number of nitriles is 1. The zero-order valence-electron chi connectivity index (χ0n) is 20.9. The van der Waals surface area contributed by atoms with Crippen LogP contribution < -0.4 is 20.7 Å². The van der Waals surface area contributed by atoms with Crippen molar-refractivity contribution in [2.45, 2.75) is 19.8 Å². The number of furan rings is 1. The van der Waals surface area contributed by atoms with E-state index in [1.807, 2.05) is 0 Å². The Kier molecular flexibility index (Phi) is 8.46. The lowest BCUT2D eigenvalue weighted by atomic mass is 9.85. The molecule has 0 saturated carbocycles. The van der Waals surface area contributed by atoms with Crippen molar-refractivity contribution >= 4 is 46.6 Å². The molecule has 8 nitrogen and oxygen atoms in total. The predicted octanol–water partition coefficient (Wildman–Crippen LogP) is 5.96. The van der Waals surface area contributed by atoms with Gasteiger partial charge in [-0.1, -0.05) is 35.5 Å². The summed E-state index contributed by atoms with van der Waals surface area (Å²) in [5, 5.41) is 20.1. The lowest BCUT2D eigenvalue weighted by molar-refractivity contribution is -0.114. The lowest BCUT2D eigenvalue weighted by Crippen LogP contribution is -2.31. The highest BCUT2D eigenvalue weighted by Gasteiger charge is 2.37. The second-order valence-corrected chi connectivity index (χ2v) is 9.82. The number of ether oxygens (including phenoxy) is 1. The molecule has 1 aliphatic heterocycles. The molecule has 3 N–H and O–H groups in total. The summed E-state index contributed by atoms with van der Waals surface area (Å²) in [4.78, 5) is 26.2. The van der Waals surface area contributed by atoms with E-state index < -0.39 is 11.8 Å². The molecule has 0 radical (unpaired) electrons. The van der Waals surface area contributed by atoms with Crippen molar-refractivity contribution < 1.29 is 18.7 Å². The molecule has 1 atom stereocenters. The second kappa shape index (κ2) is 11.9. The molecule has 0 spiro atoms. The summed E-state index contributed by atoms with van der Waals surface area (Å²) in [7, 11) is 1.52. The van der Waals surface area contributed by atoms with Crippen LogP contribution in [0.2, 0.25) is 5.02 Å². The Bertz CT molecular complexity index is 1470. The molecule has 10 heteroatoms. The first-order valence-corrected chi connectivity index (χ1v) is 13.0. The Balaban J connectivity index is 1.61. The first-order chi connectivity index (χ1) is 18.3. The molecule has 1 aliphatic rings. The molecule has 194 valence electrons. The second-order valence-electron chi connectivity index (χ2n) is 8.40. The first-order valence-electron chi connectivity index (χ1n) is 11.6. The fraction of sp³-hybridized carbons (Fsp3) is 0.179. The van der Waals surface area contributed by atoms with E-state index in [9.17, 15) is 14.9 Å². The number of hydrogen-bond donors (Lipinski definition) is 3. The minimum Gasteiger partial charge on any atom is -0.495 e. The number of thioether (sulfide) groups is 1. The Hall–Kier alpha value is -4.13. The monoisotopic (exact) mass is 548 g/mol. The topological polar surface area (TPSA) is 116 Å². The van der Waals surface area contributed by atoms with Crippen LogP contribution in [0.15, 0.2) is 87.0 Å². The van der Waals surface area contributed by atoms with E-state index in [4.69, 9.17) is 20.8 Å². The number of hydrogen-bond acceptors (Lipinski definition) is 7. The molecule has 1 aromatic heterocycles. The summed E-state index contributed by atoms with van der Waals surface area (Å²) in [6, 6.07) is 19.6. The molecule has 2 aromatic carbocycles. The number of carbonyl (C=O) groups excluding carboxylic acids is 2. The number of allylic oxidation sites excluding steroid dienone is 2. The van der Waals surface area contributed by atoms with Crippen LogP contribution in [0.3, 0.4) is 0 Å². The van der Waals surface area contributed by atoms with Crippen LogP contribution in [0.5, 0.6) is 5.75 Å². The molecule has 0 aliphatic carbocycles. The number of benzene rings is 2. The largest absolute Gasteiger partial charge is 0.495 e. The molecule has 3 aromatic rings. The maximum absolute atomic E-state index is 13.6. The standard InChI is InChI=1S/C28H25ClN4O4S/c1-16-8-13-23(37-16)26-20(14-30)28(38-15-24(34)32-19-11-9-18(29)10-12-19)31-17(2)25(26)27(35)33-21-6-4-5-7-22(21)36-3/h4-13,26,31H,15H2,1-3H3,(H,32,34)(H,33,35)/t26-/m0/s1. The van der Waals surface area contributed by atoms with Crippen molar-refractivity contribution in [2.75, 3.05) is 23.5 Å². The Morgan fingerprint density at radius 3 is 2.50 bits per heavy atom. The summed E-state index contributed by atoms with van der Waals surface area (Å²) in [6.07, 6.45) is 0. The molecule has 2 heterocycles. The summed E-state index contributed by atoms with van der Waals surface area (Å²) >= 11 is 7.08. The number of methoxy groups -OCH3 is 1. The summed E-state index contributed by atoms with van der Waals surface area (Å²) < 4.78 is 11.3. The van der Waals surface area contributed by atoms with Crippen LogP contribution in [0.1, 0.15) is 24.4 Å². The van der Waals surface area contributed by atoms with Crippen LogP contribution >= 0.6 is 23.4 Å².